The second kappa shape index (κ2) is 13.9. The van der Waals surface area contributed by atoms with E-state index < -0.39 is 14.4 Å². The molecule has 5 atom stereocenters. The Labute approximate surface area is 240 Å². The molecule has 39 heavy (non-hydrogen) atoms. The molecule has 0 amide bonds. The lowest BCUT2D eigenvalue weighted by Gasteiger charge is -2.47. The summed E-state index contributed by atoms with van der Waals surface area (Å²) < 4.78 is 7.63. The molecule has 0 saturated carbocycles. The number of hydrogen-bond donors (Lipinski definition) is 1. The third-order valence-corrected chi connectivity index (χ3v) is 14.1. The van der Waals surface area contributed by atoms with E-state index in [1.54, 1.807) is 6.08 Å². The van der Waals surface area contributed by atoms with Crippen LogP contribution in [0.1, 0.15) is 73.6 Å². The molecule has 1 N–H and O–H groups in total. The van der Waals surface area contributed by atoms with Gasteiger partial charge in [-0.05, 0) is 78.1 Å². The lowest BCUT2D eigenvalue weighted by molar-refractivity contribution is 0.0963. The molecule has 0 radical (unpaired) electrons. The lowest BCUT2D eigenvalue weighted by Crippen LogP contribution is -2.67. The van der Waals surface area contributed by atoms with Gasteiger partial charge in [0.1, 0.15) is 0 Å². The zero-order chi connectivity index (χ0) is 28.6. The van der Waals surface area contributed by atoms with Crippen molar-refractivity contribution in [3.05, 3.63) is 97.6 Å². The van der Waals surface area contributed by atoms with Crippen molar-refractivity contribution >= 4 is 18.7 Å². The number of aliphatic hydroxyl groups excluding tert-OH is 1. The Morgan fingerprint density at radius 2 is 1.56 bits per heavy atom. The van der Waals surface area contributed by atoms with Crippen LogP contribution in [0.25, 0.3) is 0 Å². The number of rotatable bonds is 13. The molecule has 3 rings (SSSR count). The summed E-state index contributed by atoms with van der Waals surface area (Å²) >= 11 is 0. The molecular formula is C36H52O2Si. The number of hydrogen-bond acceptors (Lipinski definition) is 2. The van der Waals surface area contributed by atoms with Gasteiger partial charge < -0.3 is 9.53 Å². The molecule has 0 unspecified atom stereocenters. The topological polar surface area (TPSA) is 29.5 Å². The molecule has 0 saturated heterocycles. The summed E-state index contributed by atoms with van der Waals surface area (Å²) in [6, 6.07) is 21.9. The van der Waals surface area contributed by atoms with Crippen molar-refractivity contribution in [3.63, 3.8) is 0 Å². The number of benzene rings is 2. The first-order valence-electron chi connectivity index (χ1n) is 14.9. The second-order valence-electron chi connectivity index (χ2n) is 12.9. The molecule has 1 aliphatic carbocycles. The van der Waals surface area contributed by atoms with Gasteiger partial charge in [0.15, 0.2) is 0 Å². The minimum atomic E-state index is -2.68. The van der Waals surface area contributed by atoms with Gasteiger partial charge in [0.2, 0.25) is 0 Å². The normalized spacial score (nSPS) is 21.7. The lowest BCUT2D eigenvalue weighted by atomic mass is 9.65. The molecule has 2 nitrogen and oxygen atoms in total. The maximum absolute atomic E-state index is 10.4. The fourth-order valence-corrected chi connectivity index (χ4v) is 11.6. The van der Waals surface area contributed by atoms with Crippen LogP contribution in [-0.4, -0.2) is 25.6 Å². The Hall–Kier alpha value is -2.20. The first-order chi connectivity index (χ1) is 18.5. The van der Waals surface area contributed by atoms with E-state index >= 15 is 0 Å². The minimum Gasteiger partial charge on any atom is -0.404 e. The van der Waals surface area contributed by atoms with Crippen molar-refractivity contribution in [2.24, 2.45) is 23.7 Å². The Balaban J connectivity index is 2.07. The monoisotopic (exact) mass is 544 g/mol. The van der Waals surface area contributed by atoms with Gasteiger partial charge in [-0.2, -0.15) is 0 Å². The molecule has 0 spiro atoms. The summed E-state index contributed by atoms with van der Waals surface area (Å²) in [5, 5.41) is 12.9. The largest absolute Gasteiger partial charge is 0.404 e. The van der Waals surface area contributed by atoms with Crippen LogP contribution in [0.5, 0.6) is 0 Å². The first-order valence-corrected chi connectivity index (χ1v) is 16.8. The van der Waals surface area contributed by atoms with Gasteiger partial charge >= 0.3 is 0 Å². The van der Waals surface area contributed by atoms with Gasteiger partial charge in [-0.25, -0.2) is 0 Å². The maximum atomic E-state index is 10.4. The summed E-state index contributed by atoms with van der Waals surface area (Å²) in [6.07, 6.45) is 10.5. The smallest absolute Gasteiger partial charge is 0.261 e. The van der Waals surface area contributed by atoms with Gasteiger partial charge in [-0.3, -0.25) is 0 Å². The van der Waals surface area contributed by atoms with E-state index in [0.29, 0.717) is 23.7 Å². The molecule has 0 aliphatic heterocycles. The van der Waals surface area contributed by atoms with E-state index in [-0.39, 0.29) is 11.1 Å². The van der Waals surface area contributed by atoms with Crippen LogP contribution in [-0.2, 0) is 4.43 Å². The molecule has 3 heteroatoms. The highest BCUT2D eigenvalue weighted by Gasteiger charge is 2.51. The highest BCUT2D eigenvalue weighted by Crippen LogP contribution is 2.45. The van der Waals surface area contributed by atoms with Crippen LogP contribution in [0, 0.1) is 23.7 Å². The molecule has 2 aromatic rings. The molecule has 0 heterocycles. The predicted molar refractivity (Wildman–Crippen MR) is 171 cm³/mol. The SMILES string of the molecule is C=CC[C@@H](C[C@@H]1C(C)=CC[C@@H](C(C)C)[C@H]1CC[C@@H](O)C=C)O[Si](c1ccccc1)(c1ccccc1)C(C)(C)C. The molecule has 2 aromatic carbocycles. The fraction of sp³-hybridized carbons (Fsp3) is 0.500. The van der Waals surface area contributed by atoms with E-state index in [4.69, 9.17) is 4.43 Å². The minimum absolute atomic E-state index is 0.0555. The summed E-state index contributed by atoms with van der Waals surface area (Å²) in [7, 11) is -2.68. The Morgan fingerprint density at radius 1 is 1.00 bits per heavy atom. The standard InChI is InChI=1S/C36H52O2Si/c1-9-17-30(26-35-28(5)22-24-33(27(3)4)34(35)25-23-29(37)10-2)38-39(36(6,7)8,31-18-13-11-14-19-31)32-20-15-12-16-21-32/h9-16,18-22,27,29-30,33-35,37H,1-2,17,23-26H2,3-8H3/t29-,30-,33-,34+,35+/m0/s1. The van der Waals surface area contributed by atoms with E-state index in [1.807, 2.05) is 6.08 Å². The average molecular weight is 545 g/mol. The van der Waals surface area contributed by atoms with Crippen molar-refractivity contribution < 1.29 is 9.53 Å². The number of aliphatic hydroxyl groups is 1. The Morgan fingerprint density at radius 3 is 2.03 bits per heavy atom. The van der Waals surface area contributed by atoms with Gasteiger partial charge in [0.05, 0.1) is 6.10 Å². The Bertz CT molecular complexity index is 1030. The molecule has 0 aromatic heterocycles. The molecule has 1 aliphatic rings. The predicted octanol–water partition coefficient (Wildman–Crippen LogP) is 8.08. The van der Waals surface area contributed by atoms with Gasteiger partial charge in [0, 0.05) is 6.10 Å². The van der Waals surface area contributed by atoms with E-state index in [9.17, 15) is 5.11 Å². The molecule has 0 fully saturated rings. The van der Waals surface area contributed by atoms with Gasteiger partial charge in [-0.15, -0.1) is 13.2 Å². The van der Waals surface area contributed by atoms with Crippen LogP contribution < -0.4 is 10.4 Å². The van der Waals surface area contributed by atoms with Crippen molar-refractivity contribution in [1.82, 2.24) is 0 Å². The summed E-state index contributed by atoms with van der Waals surface area (Å²) in [5.41, 5.74) is 1.48. The van der Waals surface area contributed by atoms with E-state index in [0.717, 1.165) is 32.1 Å². The quantitative estimate of drug-likeness (QED) is 0.204. The van der Waals surface area contributed by atoms with Crippen molar-refractivity contribution in [2.75, 3.05) is 0 Å². The van der Waals surface area contributed by atoms with Crippen molar-refractivity contribution in [3.8, 4) is 0 Å². The van der Waals surface area contributed by atoms with Crippen LogP contribution in [0.4, 0.5) is 0 Å². The zero-order valence-electron chi connectivity index (χ0n) is 25.3. The molecule has 212 valence electrons. The van der Waals surface area contributed by atoms with Gasteiger partial charge in [-0.1, -0.05) is 119 Å². The third kappa shape index (κ3) is 7.31. The summed E-state index contributed by atoms with van der Waals surface area (Å²) in [4.78, 5) is 0. The summed E-state index contributed by atoms with van der Waals surface area (Å²) in [6.45, 7) is 22.1. The molecular weight excluding hydrogens is 492 g/mol. The average Bonchev–Trinajstić information content (AvgIpc) is 2.91. The highest BCUT2D eigenvalue weighted by molar-refractivity contribution is 6.99. The summed E-state index contributed by atoms with van der Waals surface area (Å²) in [5.74, 6) is 2.14. The third-order valence-electron chi connectivity index (χ3n) is 8.99. The first kappa shape index (κ1) is 31.3. The number of allylic oxidation sites excluding steroid dienone is 2. The highest BCUT2D eigenvalue weighted by atomic mass is 28.4. The zero-order valence-corrected chi connectivity index (χ0v) is 26.3. The van der Waals surface area contributed by atoms with Crippen molar-refractivity contribution in [2.45, 2.75) is 90.9 Å². The second-order valence-corrected chi connectivity index (χ2v) is 17.2. The fourth-order valence-electron chi connectivity index (χ4n) is 6.91. The van der Waals surface area contributed by atoms with Crippen molar-refractivity contribution in [1.29, 1.82) is 0 Å². The molecule has 0 bridgehead atoms. The van der Waals surface area contributed by atoms with Gasteiger partial charge in [0.25, 0.3) is 8.32 Å². The maximum Gasteiger partial charge on any atom is 0.261 e. The van der Waals surface area contributed by atoms with Crippen LogP contribution in [0.2, 0.25) is 5.04 Å². The van der Waals surface area contributed by atoms with Crippen LogP contribution >= 0.6 is 0 Å². The van der Waals surface area contributed by atoms with Crippen LogP contribution in [0.3, 0.4) is 0 Å². The van der Waals surface area contributed by atoms with Crippen LogP contribution in [0.15, 0.2) is 97.6 Å². The van der Waals surface area contributed by atoms with E-state index in [2.05, 4.69) is 121 Å². The Kier molecular flexibility index (Phi) is 11.2. The van der Waals surface area contributed by atoms with E-state index in [1.165, 1.54) is 15.9 Å².